The van der Waals surface area contributed by atoms with Gasteiger partial charge in [-0.05, 0) is 42.7 Å². The number of nitrogens with one attached hydrogen (secondary N) is 1. The number of aromatic nitrogens is 1. The van der Waals surface area contributed by atoms with Gasteiger partial charge in [0.05, 0.1) is 4.90 Å². The van der Waals surface area contributed by atoms with Gasteiger partial charge in [-0.15, -0.1) is 0 Å². The summed E-state index contributed by atoms with van der Waals surface area (Å²) in [6, 6.07) is 5.86. The summed E-state index contributed by atoms with van der Waals surface area (Å²) >= 11 is 5.68. The Morgan fingerprint density at radius 1 is 1.24 bits per heavy atom. The summed E-state index contributed by atoms with van der Waals surface area (Å²) in [7, 11) is -3.68. The molecule has 1 heterocycles. The number of hydrogen-bond donors (Lipinski definition) is 1. The Balaban J connectivity index is 2.19. The van der Waals surface area contributed by atoms with Crippen LogP contribution < -0.4 is 4.72 Å². The second-order valence-electron chi connectivity index (χ2n) is 4.68. The summed E-state index contributed by atoms with van der Waals surface area (Å²) < 4.78 is 40.2. The molecule has 0 atom stereocenters. The van der Waals surface area contributed by atoms with E-state index in [4.69, 9.17) is 11.6 Å². The number of rotatable bonds is 4. The molecular formula is C14H14ClFN2O2S. The van der Waals surface area contributed by atoms with Crippen LogP contribution in [0.15, 0.2) is 35.4 Å². The van der Waals surface area contributed by atoms with E-state index in [0.29, 0.717) is 16.7 Å². The van der Waals surface area contributed by atoms with Gasteiger partial charge in [-0.25, -0.2) is 22.5 Å². The van der Waals surface area contributed by atoms with Gasteiger partial charge in [0, 0.05) is 12.7 Å². The highest BCUT2D eigenvalue weighted by Gasteiger charge is 2.15. The van der Waals surface area contributed by atoms with Crippen LogP contribution in [0.1, 0.15) is 16.7 Å². The fourth-order valence-electron chi connectivity index (χ4n) is 1.95. The van der Waals surface area contributed by atoms with Crippen molar-refractivity contribution < 1.29 is 12.8 Å². The number of aryl methyl sites for hydroxylation is 2. The average Bonchev–Trinajstić information content (AvgIpc) is 2.42. The van der Waals surface area contributed by atoms with E-state index >= 15 is 0 Å². The smallest absolute Gasteiger partial charge is 0.241 e. The van der Waals surface area contributed by atoms with Crippen LogP contribution >= 0.6 is 11.6 Å². The monoisotopic (exact) mass is 328 g/mol. The standard InChI is InChI=1S/C14H14ClFN2O2S/c1-9-5-11(6-10(2)14(9)16)8-18-21(19,20)12-3-4-17-13(15)7-12/h3-7,18H,8H2,1-2H3. The molecule has 2 rings (SSSR count). The van der Waals surface area contributed by atoms with E-state index in [0.717, 1.165) is 0 Å². The fraction of sp³-hybridized carbons (Fsp3) is 0.214. The Morgan fingerprint density at radius 2 is 1.86 bits per heavy atom. The lowest BCUT2D eigenvalue weighted by molar-refractivity contribution is 0.580. The molecule has 4 nitrogen and oxygen atoms in total. The Kier molecular flexibility index (Phi) is 4.61. The molecule has 0 spiro atoms. The SMILES string of the molecule is Cc1cc(CNS(=O)(=O)c2ccnc(Cl)c2)cc(C)c1F. The van der Waals surface area contributed by atoms with Gasteiger partial charge < -0.3 is 0 Å². The van der Waals surface area contributed by atoms with E-state index in [1.807, 2.05) is 0 Å². The van der Waals surface area contributed by atoms with E-state index < -0.39 is 10.0 Å². The van der Waals surface area contributed by atoms with Crippen molar-refractivity contribution in [3.05, 3.63) is 58.1 Å². The van der Waals surface area contributed by atoms with Gasteiger partial charge >= 0.3 is 0 Å². The summed E-state index contributed by atoms with van der Waals surface area (Å²) in [6.45, 7) is 3.36. The van der Waals surface area contributed by atoms with E-state index in [-0.39, 0.29) is 22.4 Å². The zero-order chi connectivity index (χ0) is 15.6. The average molecular weight is 329 g/mol. The van der Waals surface area contributed by atoms with E-state index in [1.165, 1.54) is 18.3 Å². The summed E-state index contributed by atoms with van der Waals surface area (Å²) in [5.41, 5.74) is 1.66. The molecule has 1 aromatic heterocycles. The van der Waals surface area contributed by atoms with Crippen LogP contribution in [0.3, 0.4) is 0 Å². The fourth-order valence-corrected chi connectivity index (χ4v) is 3.22. The van der Waals surface area contributed by atoms with Gasteiger partial charge in [-0.2, -0.15) is 0 Å². The first kappa shape index (κ1) is 15.9. The zero-order valence-electron chi connectivity index (χ0n) is 11.5. The van der Waals surface area contributed by atoms with Crippen LogP contribution in [0.2, 0.25) is 5.15 Å². The van der Waals surface area contributed by atoms with Gasteiger partial charge in [-0.1, -0.05) is 23.7 Å². The minimum atomic E-state index is -3.68. The maximum absolute atomic E-state index is 13.5. The highest BCUT2D eigenvalue weighted by molar-refractivity contribution is 7.89. The molecule has 0 saturated heterocycles. The van der Waals surface area contributed by atoms with Gasteiger partial charge in [-0.3, -0.25) is 0 Å². The molecule has 0 unspecified atom stereocenters. The predicted molar refractivity (Wildman–Crippen MR) is 79.1 cm³/mol. The molecule has 1 N–H and O–H groups in total. The maximum Gasteiger partial charge on any atom is 0.241 e. The molecule has 2 aromatic rings. The zero-order valence-corrected chi connectivity index (χ0v) is 13.1. The molecule has 21 heavy (non-hydrogen) atoms. The molecular weight excluding hydrogens is 315 g/mol. The Labute approximate surface area is 128 Å². The normalized spacial score (nSPS) is 11.6. The minimum absolute atomic E-state index is 0.0399. The van der Waals surface area contributed by atoms with E-state index in [1.54, 1.807) is 26.0 Å². The van der Waals surface area contributed by atoms with Gasteiger partial charge in [0.2, 0.25) is 10.0 Å². The van der Waals surface area contributed by atoms with Crippen molar-refractivity contribution >= 4 is 21.6 Å². The Bertz CT molecular complexity index is 755. The van der Waals surface area contributed by atoms with Crippen molar-refractivity contribution in [2.75, 3.05) is 0 Å². The largest absolute Gasteiger partial charge is 0.244 e. The van der Waals surface area contributed by atoms with E-state index in [2.05, 4.69) is 9.71 Å². The lowest BCUT2D eigenvalue weighted by Gasteiger charge is -2.09. The highest BCUT2D eigenvalue weighted by Crippen LogP contribution is 2.16. The van der Waals surface area contributed by atoms with Crippen LogP contribution in [-0.4, -0.2) is 13.4 Å². The third-order valence-corrected chi connectivity index (χ3v) is 4.58. The summed E-state index contributed by atoms with van der Waals surface area (Å²) in [6.07, 6.45) is 1.32. The lowest BCUT2D eigenvalue weighted by atomic mass is 10.1. The number of benzene rings is 1. The number of pyridine rings is 1. The first-order valence-corrected chi connectivity index (χ1v) is 8.02. The maximum atomic E-state index is 13.5. The first-order valence-electron chi connectivity index (χ1n) is 6.16. The Hall–Kier alpha value is -1.50. The van der Waals surface area contributed by atoms with Gasteiger partial charge in [0.25, 0.3) is 0 Å². The first-order chi connectivity index (χ1) is 9.79. The van der Waals surface area contributed by atoms with Gasteiger partial charge in [0.1, 0.15) is 11.0 Å². The third kappa shape index (κ3) is 3.78. The molecule has 0 aliphatic rings. The molecule has 0 aliphatic carbocycles. The van der Waals surface area contributed by atoms with Crippen molar-refractivity contribution in [2.24, 2.45) is 0 Å². The molecule has 0 bridgehead atoms. The van der Waals surface area contributed by atoms with Crippen molar-refractivity contribution in [3.8, 4) is 0 Å². The van der Waals surface area contributed by atoms with Crippen LogP contribution in [0, 0.1) is 19.7 Å². The number of hydrogen-bond acceptors (Lipinski definition) is 3. The van der Waals surface area contributed by atoms with Crippen molar-refractivity contribution in [1.29, 1.82) is 0 Å². The summed E-state index contributed by atoms with van der Waals surface area (Å²) in [5.74, 6) is -0.275. The number of halogens is 2. The van der Waals surface area contributed by atoms with Crippen LogP contribution in [0.5, 0.6) is 0 Å². The topological polar surface area (TPSA) is 59.1 Å². The second kappa shape index (κ2) is 6.09. The highest BCUT2D eigenvalue weighted by atomic mass is 35.5. The van der Waals surface area contributed by atoms with Crippen molar-refractivity contribution in [2.45, 2.75) is 25.3 Å². The molecule has 112 valence electrons. The molecule has 0 aliphatic heterocycles. The molecule has 0 saturated carbocycles. The number of nitrogens with zero attached hydrogens (tertiary/aromatic N) is 1. The number of sulfonamides is 1. The molecule has 0 fully saturated rings. The molecule has 0 radical (unpaired) electrons. The third-order valence-electron chi connectivity index (χ3n) is 2.97. The van der Waals surface area contributed by atoms with Crippen LogP contribution in [0.25, 0.3) is 0 Å². The molecule has 7 heteroatoms. The van der Waals surface area contributed by atoms with Crippen LogP contribution in [-0.2, 0) is 16.6 Å². The van der Waals surface area contributed by atoms with Gasteiger partial charge in [0.15, 0.2) is 0 Å². The van der Waals surface area contributed by atoms with Crippen molar-refractivity contribution in [3.63, 3.8) is 0 Å². The molecule has 1 aromatic carbocycles. The van der Waals surface area contributed by atoms with Crippen molar-refractivity contribution in [1.82, 2.24) is 9.71 Å². The minimum Gasteiger partial charge on any atom is -0.244 e. The summed E-state index contributed by atoms with van der Waals surface area (Å²) in [5, 5.41) is 0.103. The van der Waals surface area contributed by atoms with E-state index in [9.17, 15) is 12.8 Å². The van der Waals surface area contributed by atoms with Crippen LogP contribution in [0.4, 0.5) is 4.39 Å². The predicted octanol–water partition coefficient (Wildman–Crippen LogP) is 2.97. The molecule has 0 amide bonds. The second-order valence-corrected chi connectivity index (χ2v) is 6.84. The summed E-state index contributed by atoms with van der Waals surface area (Å²) in [4.78, 5) is 3.78. The Morgan fingerprint density at radius 3 is 2.43 bits per heavy atom. The lowest BCUT2D eigenvalue weighted by Crippen LogP contribution is -2.23. The quantitative estimate of drug-likeness (QED) is 0.878.